The maximum Gasteiger partial charge on any atom is 0.267 e. The molecule has 144 valence electrons. The van der Waals surface area contributed by atoms with Gasteiger partial charge in [0.15, 0.2) is 0 Å². The van der Waals surface area contributed by atoms with Crippen LogP contribution in [-0.4, -0.2) is 26.1 Å². The third-order valence-corrected chi connectivity index (χ3v) is 6.36. The molecule has 3 heterocycles. The van der Waals surface area contributed by atoms with E-state index in [1.807, 2.05) is 13.8 Å². The molecular weight excluding hydrogens is 378 g/mol. The van der Waals surface area contributed by atoms with Gasteiger partial charge in [-0.3, -0.25) is 10.1 Å². The highest BCUT2D eigenvalue weighted by atomic mass is 32.1. The highest BCUT2D eigenvalue weighted by Gasteiger charge is 2.23. The maximum atomic E-state index is 12.8. The van der Waals surface area contributed by atoms with Gasteiger partial charge in [0, 0.05) is 17.2 Å². The number of carbonyl (C=O) groups excluding carboxylic acids is 1. The third-order valence-electron chi connectivity index (χ3n) is 4.28. The minimum absolute atomic E-state index is 0.138. The van der Waals surface area contributed by atoms with E-state index in [1.54, 1.807) is 0 Å². The number of carbonyl (C=O) groups is 1. The number of aromatic nitrogens is 4. The summed E-state index contributed by atoms with van der Waals surface area (Å²) in [6, 6.07) is 0. The normalized spacial score (nSPS) is 11.9. The number of fused-ring (bicyclic) bond motifs is 1. The first-order chi connectivity index (χ1) is 12.7. The standard InChI is InChI=1S/C19H25N5OS2/c1-7-8-9-12-23-24-18(26-12)21-15(25)14-10(2)13-11(3)20-17(19(4,5)6)22-16(13)27-14/h7-9H2,1-6H3,(H,21,24,25). The third kappa shape index (κ3) is 4.16. The van der Waals surface area contributed by atoms with Crippen molar-refractivity contribution in [2.75, 3.05) is 5.32 Å². The van der Waals surface area contributed by atoms with Gasteiger partial charge in [0.25, 0.3) is 5.91 Å². The minimum atomic E-state index is -0.162. The molecule has 0 atom stereocenters. The van der Waals surface area contributed by atoms with Gasteiger partial charge in [-0.25, -0.2) is 9.97 Å². The molecule has 6 nitrogen and oxygen atoms in total. The van der Waals surface area contributed by atoms with E-state index < -0.39 is 0 Å². The Morgan fingerprint density at radius 1 is 1.11 bits per heavy atom. The Morgan fingerprint density at radius 2 is 1.85 bits per heavy atom. The van der Waals surface area contributed by atoms with Crippen molar-refractivity contribution < 1.29 is 4.79 Å². The number of hydrogen-bond donors (Lipinski definition) is 1. The predicted octanol–water partition coefficient (Wildman–Crippen LogP) is 5.05. The van der Waals surface area contributed by atoms with Crippen LogP contribution >= 0.6 is 22.7 Å². The van der Waals surface area contributed by atoms with Gasteiger partial charge in [0.1, 0.15) is 15.7 Å². The van der Waals surface area contributed by atoms with Gasteiger partial charge in [-0.05, 0) is 25.8 Å². The van der Waals surface area contributed by atoms with Gasteiger partial charge in [-0.15, -0.1) is 21.5 Å². The molecule has 0 saturated carbocycles. The highest BCUT2D eigenvalue weighted by Crippen LogP contribution is 2.33. The number of nitrogens with zero attached hydrogens (tertiary/aromatic N) is 4. The Hall–Kier alpha value is -1.93. The van der Waals surface area contributed by atoms with Crippen LogP contribution in [0.4, 0.5) is 5.13 Å². The number of hydrogen-bond acceptors (Lipinski definition) is 7. The maximum absolute atomic E-state index is 12.8. The van der Waals surface area contributed by atoms with E-state index >= 15 is 0 Å². The van der Waals surface area contributed by atoms with Crippen LogP contribution in [0.1, 0.15) is 72.3 Å². The molecule has 0 aliphatic carbocycles. The first kappa shape index (κ1) is 19.8. The van der Waals surface area contributed by atoms with Gasteiger partial charge >= 0.3 is 0 Å². The molecule has 3 aromatic heterocycles. The lowest BCUT2D eigenvalue weighted by Gasteiger charge is -2.16. The van der Waals surface area contributed by atoms with Crippen molar-refractivity contribution in [3.8, 4) is 0 Å². The summed E-state index contributed by atoms with van der Waals surface area (Å²) in [6.07, 6.45) is 3.08. The Kier molecular flexibility index (Phi) is 5.58. The second-order valence-corrected chi connectivity index (χ2v) is 9.74. The Balaban J connectivity index is 1.89. The summed E-state index contributed by atoms with van der Waals surface area (Å²) >= 11 is 2.85. The zero-order chi connectivity index (χ0) is 19.8. The fourth-order valence-corrected chi connectivity index (χ4v) is 4.68. The number of aryl methyl sites for hydroxylation is 3. The Labute approximate surface area is 167 Å². The lowest BCUT2D eigenvalue weighted by atomic mass is 9.95. The number of amides is 1. The molecule has 0 saturated heterocycles. The summed E-state index contributed by atoms with van der Waals surface area (Å²) in [5.74, 6) is 0.635. The van der Waals surface area contributed by atoms with Crippen molar-refractivity contribution in [1.29, 1.82) is 0 Å². The van der Waals surface area contributed by atoms with E-state index in [0.717, 1.165) is 51.6 Å². The first-order valence-corrected chi connectivity index (χ1v) is 10.8. The van der Waals surface area contributed by atoms with Crippen molar-refractivity contribution in [3.05, 3.63) is 27.0 Å². The number of anilines is 1. The molecule has 1 amide bonds. The quantitative estimate of drug-likeness (QED) is 0.644. The molecule has 0 bridgehead atoms. The molecule has 0 unspecified atom stereocenters. The van der Waals surface area contributed by atoms with Crippen LogP contribution < -0.4 is 5.32 Å². The van der Waals surface area contributed by atoms with Gasteiger partial charge in [0.05, 0.1) is 10.6 Å². The van der Waals surface area contributed by atoms with Crippen LogP contribution in [-0.2, 0) is 11.8 Å². The molecule has 1 N–H and O–H groups in total. The number of rotatable bonds is 5. The predicted molar refractivity (Wildman–Crippen MR) is 112 cm³/mol. The van der Waals surface area contributed by atoms with Crippen LogP contribution in [0.5, 0.6) is 0 Å². The summed E-state index contributed by atoms with van der Waals surface area (Å²) < 4.78 is 0. The summed E-state index contributed by atoms with van der Waals surface area (Å²) in [4.78, 5) is 23.7. The second kappa shape index (κ2) is 7.59. The molecule has 8 heteroatoms. The van der Waals surface area contributed by atoms with Gasteiger partial charge in [-0.2, -0.15) is 0 Å². The molecule has 0 aromatic carbocycles. The van der Waals surface area contributed by atoms with Crippen LogP contribution in [0.15, 0.2) is 0 Å². The van der Waals surface area contributed by atoms with E-state index in [2.05, 4.69) is 48.2 Å². The fourth-order valence-electron chi connectivity index (χ4n) is 2.78. The summed E-state index contributed by atoms with van der Waals surface area (Å²) in [7, 11) is 0. The van der Waals surface area contributed by atoms with Crippen LogP contribution in [0.3, 0.4) is 0 Å². The molecule has 27 heavy (non-hydrogen) atoms. The van der Waals surface area contributed by atoms with Crippen molar-refractivity contribution in [2.24, 2.45) is 0 Å². The lowest BCUT2D eigenvalue weighted by molar-refractivity contribution is 0.103. The van der Waals surface area contributed by atoms with Crippen molar-refractivity contribution in [1.82, 2.24) is 20.2 Å². The average molecular weight is 404 g/mol. The SMILES string of the molecule is CCCCc1nnc(NC(=O)c2sc3nc(C(C)(C)C)nc(C)c3c2C)s1. The van der Waals surface area contributed by atoms with Crippen molar-refractivity contribution in [2.45, 2.75) is 66.2 Å². The van der Waals surface area contributed by atoms with E-state index in [1.165, 1.54) is 22.7 Å². The zero-order valence-corrected chi connectivity index (χ0v) is 18.3. The molecule has 0 radical (unpaired) electrons. The monoisotopic (exact) mass is 403 g/mol. The number of unbranched alkanes of at least 4 members (excludes halogenated alkanes) is 1. The number of nitrogens with one attached hydrogen (secondary N) is 1. The average Bonchev–Trinajstić information content (AvgIpc) is 3.16. The van der Waals surface area contributed by atoms with Gasteiger partial charge in [-0.1, -0.05) is 45.5 Å². The second-order valence-electron chi connectivity index (χ2n) is 7.68. The van der Waals surface area contributed by atoms with Crippen LogP contribution in [0, 0.1) is 13.8 Å². The Morgan fingerprint density at radius 3 is 2.52 bits per heavy atom. The largest absolute Gasteiger partial charge is 0.296 e. The van der Waals surface area contributed by atoms with E-state index in [9.17, 15) is 4.79 Å². The highest BCUT2D eigenvalue weighted by molar-refractivity contribution is 7.21. The van der Waals surface area contributed by atoms with Crippen LogP contribution in [0.25, 0.3) is 10.2 Å². The van der Waals surface area contributed by atoms with Crippen LogP contribution in [0.2, 0.25) is 0 Å². The van der Waals surface area contributed by atoms with Gasteiger partial charge < -0.3 is 0 Å². The minimum Gasteiger partial charge on any atom is -0.296 e. The molecule has 0 aliphatic rings. The zero-order valence-electron chi connectivity index (χ0n) is 16.6. The molecule has 0 fully saturated rings. The summed E-state index contributed by atoms with van der Waals surface area (Å²) in [5, 5.41) is 13.6. The van der Waals surface area contributed by atoms with E-state index in [4.69, 9.17) is 4.98 Å². The molecular formula is C19H25N5OS2. The smallest absolute Gasteiger partial charge is 0.267 e. The molecule has 3 aromatic rings. The van der Waals surface area contributed by atoms with E-state index in [0.29, 0.717) is 10.0 Å². The first-order valence-electron chi connectivity index (χ1n) is 9.12. The number of thiophene rings is 1. The Bertz CT molecular complexity index is 984. The molecule has 0 spiro atoms. The molecule has 0 aliphatic heterocycles. The van der Waals surface area contributed by atoms with Crippen molar-refractivity contribution >= 4 is 43.9 Å². The molecule has 3 rings (SSSR count). The van der Waals surface area contributed by atoms with E-state index in [-0.39, 0.29) is 11.3 Å². The van der Waals surface area contributed by atoms with Gasteiger partial charge in [0.2, 0.25) is 5.13 Å². The summed E-state index contributed by atoms with van der Waals surface area (Å²) in [6.45, 7) is 12.3. The fraction of sp³-hybridized carbons (Fsp3) is 0.526. The lowest BCUT2D eigenvalue weighted by Crippen LogP contribution is -2.16. The topological polar surface area (TPSA) is 80.7 Å². The summed E-state index contributed by atoms with van der Waals surface area (Å²) in [5.41, 5.74) is 1.69. The van der Waals surface area contributed by atoms with Crippen molar-refractivity contribution in [3.63, 3.8) is 0 Å².